The molecule has 2 aromatic rings. The lowest BCUT2D eigenvalue weighted by atomic mass is 10.0. The number of hydrogen-bond acceptors (Lipinski definition) is 5. The summed E-state index contributed by atoms with van der Waals surface area (Å²) in [6, 6.07) is 6.87. The van der Waals surface area contributed by atoms with Crippen molar-refractivity contribution in [2.24, 2.45) is 13.0 Å². The van der Waals surface area contributed by atoms with Gasteiger partial charge >= 0.3 is 0 Å². The smallest absolute Gasteiger partial charge is 0.225 e. The second-order valence-electron chi connectivity index (χ2n) is 6.18. The first-order valence-corrected chi connectivity index (χ1v) is 9.84. The molecule has 1 aliphatic rings. The van der Waals surface area contributed by atoms with Crippen LogP contribution in [0.1, 0.15) is 23.9 Å². The molecule has 1 aromatic heterocycles. The van der Waals surface area contributed by atoms with Crippen LogP contribution >= 0.6 is 0 Å². The Morgan fingerprint density at radius 1 is 1.40 bits per heavy atom. The van der Waals surface area contributed by atoms with Gasteiger partial charge in [0.1, 0.15) is 17.6 Å². The number of carbonyl (C=O) groups excluding carboxylic acids is 1. The Hall–Kier alpha value is -2.35. The van der Waals surface area contributed by atoms with Gasteiger partial charge in [0.2, 0.25) is 5.91 Å². The van der Waals surface area contributed by atoms with E-state index in [4.69, 9.17) is 4.74 Å². The minimum Gasteiger partial charge on any atom is -0.496 e. The van der Waals surface area contributed by atoms with Gasteiger partial charge in [-0.25, -0.2) is 13.4 Å². The first-order chi connectivity index (χ1) is 11.9. The van der Waals surface area contributed by atoms with Crippen LogP contribution in [0.2, 0.25) is 0 Å². The van der Waals surface area contributed by atoms with E-state index in [2.05, 4.69) is 10.3 Å². The van der Waals surface area contributed by atoms with Crippen LogP contribution in [0.15, 0.2) is 36.7 Å². The highest BCUT2D eigenvalue weighted by Gasteiger charge is 2.35. The van der Waals surface area contributed by atoms with E-state index in [1.165, 1.54) is 0 Å². The number of aryl methyl sites for hydroxylation is 1. The number of rotatable bonds is 5. The number of amides is 1. The predicted molar refractivity (Wildman–Crippen MR) is 92.9 cm³/mol. The van der Waals surface area contributed by atoms with Gasteiger partial charge in [-0.2, -0.15) is 0 Å². The number of benzene rings is 1. The predicted octanol–water partition coefficient (Wildman–Crippen LogP) is 1.07. The van der Waals surface area contributed by atoms with Crippen LogP contribution in [-0.2, 0) is 21.7 Å². The fraction of sp³-hybridized carbons (Fsp3) is 0.412. The van der Waals surface area contributed by atoms with Gasteiger partial charge in [-0.15, -0.1) is 0 Å². The lowest BCUT2D eigenvalue weighted by Gasteiger charge is -2.22. The number of sulfone groups is 1. The van der Waals surface area contributed by atoms with E-state index < -0.39 is 21.8 Å². The fourth-order valence-corrected chi connectivity index (χ4v) is 4.84. The number of nitrogens with one attached hydrogen (secondary N) is 1. The summed E-state index contributed by atoms with van der Waals surface area (Å²) >= 11 is 0. The van der Waals surface area contributed by atoms with E-state index in [1.807, 2.05) is 35.9 Å². The molecular formula is C17H21N3O4S. The first-order valence-electron chi connectivity index (χ1n) is 8.02. The molecule has 8 heteroatoms. The number of methoxy groups -OCH3 is 1. The van der Waals surface area contributed by atoms with Gasteiger partial charge in [0.25, 0.3) is 0 Å². The van der Waals surface area contributed by atoms with Crippen molar-refractivity contribution in [1.82, 2.24) is 14.9 Å². The summed E-state index contributed by atoms with van der Waals surface area (Å²) in [5.74, 6) is 0.446. The molecule has 1 N–H and O–H groups in total. The van der Waals surface area contributed by atoms with E-state index in [1.54, 1.807) is 19.5 Å². The second kappa shape index (κ2) is 6.87. The number of hydrogen-bond donors (Lipinski definition) is 1. The van der Waals surface area contributed by atoms with Crippen LogP contribution in [0.4, 0.5) is 0 Å². The number of carbonyl (C=O) groups is 1. The molecule has 0 saturated carbocycles. The number of nitrogens with zero attached hydrogens (tertiary/aromatic N) is 2. The standard InChI is InChI=1S/C17H21N3O4S/c1-20-9-8-18-16(20)15(13-5-3-4-6-14(13)24-2)19-17(21)12-7-10-25(22,23)11-12/h3-6,8-9,12,15H,7,10-11H2,1-2H3,(H,19,21). The van der Waals surface area contributed by atoms with Gasteiger partial charge in [-0.1, -0.05) is 18.2 Å². The maximum atomic E-state index is 12.7. The Bertz CT molecular complexity index is 876. The first kappa shape index (κ1) is 17.5. The SMILES string of the molecule is COc1ccccc1C(NC(=O)C1CCS(=O)(=O)C1)c1nccn1C. The highest BCUT2D eigenvalue weighted by atomic mass is 32.2. The number of aromatic nitrogens is 2. The molecule has 134 valence electrons. The highest BCUT2D eigenvalue weighted by Crippen LogP contribution is 2.30. The molecule has 0 spiro atoms. The molecule has 7 nitrogen and oxygen atoms in total. The van der Waals surface area contributed by atoms with Crippen molar-refractivity contribution >= 4 is 15.7 Å². The van der Waals surface area contributed by atoms with Gasteiger partial charge in [-0.3, -0.25) is 4.79 Å². The van der Waals surface area contributed by atoms with Crippen molar-refractivity contribution in [1.29, 1.82) is 0 Å². The van der Waals surface area contributed by atoms with E-state index in [0.29, 0.717) is 18.0 Å². The minimum absolute atomic E-state index is 0.0623. The zero-order chi connectivity index (χ0) is 18.0. The maximum absolute atomic E-state index is 12.7. The van der Waals surface area contributed by atoms with Crippen LogP contribution in [-0.4, -0.2) is 42.5 Å². The Balaban J connectivity index is 1.93. The molecule has 0 radical (unpaired) electrons. The Morgan fingerprint density at radius 3 is 2.76 bits per heavy atom. The van der Waals surface area contributed by atoms with Crippen LogP contribution in [0.3, 0.4) is 0 Å². The zero-order valence-corrected chi connectivity index (χ0v) is 15.0. The lowest BCUT2D eigenvalue weighted by molar-refractivity contribution is -0.124. The van der Waals surface area contributed by atoms with Gasteiger partial charge < -0.3 is 14.6 Å². The molecule has 25 heavy (non-hydrogen) atoms. The summed E-state index contributed by atoms with van der Waals surface area (Å²) in [5.41, 5.74) is 0.772. The topological polar surface area (TPSA) is 90.3 Å². The Morgan fingerprint density at radius 2 is 2.16 bits per heavy atom. The van der Waals surface area contributed by atoms with E-state index in [9.17, 15) is 13.2 Å². The van der Waals surface area contributed by atoms with E-state index in [-0.39, 0.29) is 17.4 Å². The van der Waals surface area contributed by atoms with Crippen molar-refractivity contribution < 1.29 is 17.9 Å². The van der Waals surface area contributed by atoms with Gasteiger partial charge in [0.15, 0.2) is 9.84 Å². The molecule has 3 rings (SSSR count). The van der Waals surface area contributed by atoms with E-state index in [0.717, 1.165) is 5.56 Å². The third-order valence-corrected chi connectivity index (χ3v) is 6.22. The van der Waals surface area contributed by atoms with Crippen LogP contribution < -0.4 is 10.1 Å². The number of imidazole rings is 1. The monoisotopic (exact) mass is 363 g/mol. The summed E-state index contributed by atoms with van der Waals surface area (Å²) in [6.45, 7) is 0. The van der Waals surface area contributed by atoms with Crippen molar-refractivity contribution in [3.63, 3.8) is 0 Å². The third-order valence-electron chi connectivity index (χ3n) is 4.46. The van der Waals surface area contributed by atoms with Gasteiger partial charge in [0, 0.05) is 25.0 Å². The Kier molecular flexibility index (Phi) is 4.80. The van der Waals surface area contributed by atoms with Crippen molar-refractivity contribution in [3.05, 3.63) is 48.0 Å². The van der Waals surface area contributed by atoms with Gasteiger partial charge in [0.05, 0.1) is 24.5 Å². The quantitative estimate of drug-likeness (QED) is 0.858. The Labute approximate surface area is 146 Å². The summed E-state index contributed by atoms with van der Waals surface area (Å²) in [4.78, 5) is 17.0. The van der Waals surface area contributed by atoms with Crippen molar-refractivity contribution in [2.45, 2.75) is 12.5 Å². The van der Waals surface area contributed by atoms with Crippen molar-refractivity contribution in [3.8, 4) is 5.75 Å². The van der Waals surface area contributed by atoms with Gasteiger partial charge in [-0.05, 0) is 12.5 Å². The van der Waals surface area contributed by atoms with Crippen molar-refractivity contribution in [2.75, 3.05) is 18.6 Å². The molecule has 1 saturated heterocycles. The molecule has 1 aliphatic heterocycles. The summed E-state index contributed by atoms with van der Waals surface area (Å²) in [7, 11) is 0.291. The largest absolute Gasteiger partial charge is 0.496 e. The number of ether oxygens (including phenoxy) is 1. The third kappa shape index (κ3) is 3.68. The average Bonchev–Trinajstić information content (AvgIpc) is 3.17. The van der Waals surface area contributed by atoms with Crippen LogP contribution in [0, 0.1) is 5.92 Å². The molecule has 2 atom stereocenters. The minimum atomic E-state index is -3.12. The van der Waals surface area contributed by atoms with Crippen LogP contribution in [0.5, 0.6) is 5.75 Å². The molecule has 2 heterocycles. The molecule has 0 bridgehead atoms. The maximum Gasteiger partial charge on any atom is 0.225 e. The molecule has 1 amide bonds. The normalized spacial score (nSPS) is 20.2. The molecular weight excluding hydrogens is 342 g/mol. The lowest BCUT2D eigenvalue weighted by Crippen LogP contribution is -2.36. The summed E-state index contributed by atoms with van der Waals surface area (Å²) in [6.07, 6.45) is 3.81. The van der Waals surface area contributed by atoms with E-state index >= 15 is 0 Å². The fourth-order valence-electron chi connectivity index (χ4n) is 3.10. The molecule has 1 fully saturated rings. The molecule has 0 aliphatic carbocycles. The summed E-state index contributed by atoms with van der Waals surface area (Å²) in [5, 5.41) is 2.96. The number of para-hydroxylation sites is 1. The van der Waals surface area contributed by atoms with Crippen LogP contribution in [0.25, 0.3) is 0 Å². The average molecular weight is 363 g/mol. The zero-order valence-electron chi connectivity index (χ0n) is 14.2. The molecule has 2 unspecified atom stereocenters. The molecule has 1 aromatic carbocycles. The highest BCUT2D eigenvalue weighted by molar-refractivity contribution is 7.91. The second-order valence-corrected chi connectivity index (χ2v) is 8.41. The summed E-state index contributed by atoms with van der Waals surface area (Å²) < 4.78 is 30.6.